The van der Waals surface area contributed by atoms with E-state index in [9.17, 15) is 14.7 Å². The standard InChI is InChI=1S/C25H35N3O3/c29-22-11-9-21(10-12-22)28-17-14-25(24(28)31)13-3-15-26(18-25)19-5-7-20(8-6-19)27-16-2-1-4-23(27)30/h5-8,21-22,29H,1-4,9-18H2/t21-,22-,25-/m1/s1. The predicted molar refractivity (Wildman–Crippen MR) is 121 cm³/mol. The number of carbonyl (C=O) groups excluding carboxylic acids is 2. The number of likely N-dealkylation sites (tertiary alicyclic amines) is 1. The summed E-state index contributed by atoms with van der Waals surface area (Å²) in [7, 11) is 0. The zero-order valence-electron chi connectivity index (χ0n) is 18.5. The lowest BCUT2D eigenvalue weighted by atomic mass is 9.78. The minimum atomic E-state index is -0.254. The quantitative estimate of drug-likeness (QED) is 0.807. The Kier molecular flexibility index (Phi) is 5.67. The molecule has 1 spiro atoms. The first-order chi connectivity index (χ1) is 15.1. The number of carbonyl (C=O) groups is 2. The molecule has 0 bridgehead atoms. The Morgan fingerprint density at radius 1 is 0.839 bits per heavy atom. The van der Waals surface area contributed by atoms with Gasteiger partial charge in [-0.2, -0.15) is 0 Å². The highest BCUT2D eigenvalue weighted by atomic mass is 16.3. The highest BCUT2D eigenvalue weighted by Gasteiger charge is 2.50. The highest BCUT2D eigenvalue weighted by molar-refractivity contribution is 5.94. The third kappa shape index (κ3) is 3.95. The molecule has 1 saturated carbocycles. The third-order valence-electron chi connectivity index (χ3n) is 8.08. The van der Waals surface area contributed by atoms with Gasteiger partial charge in [0.05, 0.1) is 11.5 Å². The van der Waals surface area contributed by atoms with E-state index < -0.39 is 0 Å². The predicted octanol–water partition coefficient (Wildman–Crippen LogP) is 3.33. The van der Waals surface area contributed by atoms with Gasteiger partial charge in [0.1, 0.15) is 0 Å². The molecule has 3 heterocycles. The molecule has 4 aliphatic rings. The van der Waals surface area contributed by atoms with Crippen LogP contribution in [0.1, 0.15) is 64.2 Å². The average Bonchev–Trinajstić information content (AvgIpc) is 3.10. The summed E-state index contributed by atoms with van der Waals surface area (Å²) >= 11 is 0. The van der Waals surface area contributed by atoms with Crippen LogP contribution in [-0.4, -0.2) is 60.1 Å². The van der Waals surface area contributed by atoms with Crippen LogP contribution in [-0.2, 0) is 9.59 Å². The third-order valence-corrected chi connectivity index (χ3v) is 8.08. The number of piperidine rings is 2. The van der Waals surface area contributed by atoms with Crippen LogP contribution in [0.2, 0.25) is 0 Å². The summed E-state index contributed by atoms with van der Waals surface area (Å²) in [5, 5.41) is 9.82. The topological polar surface area (TPSA) is 64.1 Å². The second-order valence-corrected chi connectivity index (χ2v) is 10.0. The van der Waals surface area contributed by atoms with Crippen molar-refractivity contribution in [1.29, 1.82) is 0 Å². The number of rotatable bonds is 3. The second-order valence-electron chi connectivity index (χ2n) is 10.0. The molecule has 0 radical (unpaired) electrons. The van der Waals surface area contributed by atoms with E-state index in [0.717, 1.165) is 95.3 Å². The molecule has 4 fully saturated rings. The van der Waals surface area contributed by atoms with Crippen LogP contribution in [0.4, 0.5) is 11.4 Å². The monoisotopic (exact) mass is 425 g/mol. The lowest BCUT2D eigenvalue weighted by Gasteiger charge is -2.41. The average molecular weight is 426 g/mol. The van der Waals surface area contributed by atoms with Gasteiger partial charge in [-0.05, 0) is 82.1 Å². The van der Waals surface area contributed by atoms with Gasteiger partial charge in [0.15, 0.2) is 0 Å². The summed E-state index contributed by atoms with van der Waals surface area (Å²) in [5.74, 6) is 0.567. The van der Waals surface area contributed by atoms with Gasteiger partial charge in [-0.25, -0.2) is 0 Å². The van der Waals surface area contributed by atoms with Crippen LogP contribution in [0.5, 0.6) is 0 Å². The molecule has 1 aromatic rings. The van der Waals surface area contributed by atoms with Gasteiger partial charge >= 0.3 is 0 Å². The summed E-state index contributed by atoms with van der Waals surface area (Å²) in [6.45, 7) is 3.45. The summed E-state index contributed by atoms with van der Waals surface area (Å²) in [5.41, 5.74) is 1.89. The summed E-state index contributed by atoms with van der Waals surface area (Å²) in [4.78, 5) is 32.2. The molecule has 168 valence electrons. The molecule has 3 saturated heterocycles. The summed E-state index contributed by atoms with van der Waals surface area (Å²) in [6, 6.07) is 8.68. The Balaban J connectivity index is 1.27. The zero-order valence-corrected chi connectivity index (χ0v) is 18.5. The molecule has 3 aliphatic heterocycles. The van der Waals surface area contributed by atoms with E-state index in [4.69, 9.17) is 0 Å². The van der Waals surface area contributed by atoms with Crippen LogP contribution in [0.25, 0.3) is 0 Å². The number of amides is 2. The largest absolute Gasteiger partial charge is 0.393 e. The fraction of sp³-hybridized carbons (Fsp3) is 0.680. The molecule has 5 rings (SSSR count). The Morgan fingerprint density at radius 3 is 2.32 bits per heavy atom. The Bertz CT molecular complexity index is 818. The van der Waals surface area contributed by atoms with E-state index in [2.05, 4.69) is 34.1 Å². The molecule has 31 heavy (non-hydrogen) atoms. The number of aliphatic hydroxyl groups is 1. The van der Waals surface area contributed by atoms with Crippen molar-refractivity contribution in [3.63, 3.8) is 0 Å². The van der Waals surface area contributed by atoms with Gasteiger partial charge in [-0.15, -0.1) is 0 Å². The number of aliphatic hydroxyl groups excluding tert-OH is 1. The van der Waals surface area contributed by atoms with E-state index in [1.165, 1.54) is 0 Å². The van der Waals surface area contributed by atoms with Gasteiger partial charge in [0, 0.05) is 50.0 Å². The second kappa shape index (κ2) is 8.45. The van der Waals surface area contributed by atoms with E-state index in [0.29, 0.717) is 18.4 Å². The van der Waals surface area contributed by atoms with Gasteiger partial charge in [0.25, 0.3) is 0 Å². The minimum Gasteiger partial charge on any atom is -0.393 e. The zero-order chi connectivity index (χ0) is 21.4. The van der Waals surface area contributed by atoms with Crippen LogP contribution < -0.4 is 9.80 Å². The van der Waals surface area contributed by atoms with E-state index in [-0.39, 0.29) is 17.4 Å². The SMILES string of the molecule is O=C1CCCCN1c1ccc(N2CCC[C@@]3(CCN([C@H]4CC[C@H](O)CC4)C3=O)C2)cc1. The molecule has 0 aromatic heterocycles. The molecular formula is C25H35N3O3. The lowest BCUT2D eigenvalue weighted by molar-refractivity contribution is -0.139. The molecular weight excluding hydrogens is 390 g/mol. The van der Waals surface area contributed by atoms with Crippen molar-refractivity contribution in [3.8, 4) is 0 Å². The maximum absolute atomic E-state index is 13.5. The molecule has 2 amide bonds. The number of hydrogen-bond donors (Lipinski definition) is 1. The number of hydrogen-bond acceptors (Lipinski definition) is 4. The number of benzene rings is 1. The van der Waals surface area contributed by atoms with Crippen molar-refractivity contribution < 1.29 is 14.7 Å². The van der Waals surface area contributed by atoms with E-state index >= 15 is 0 Å². The Labute approximate surface area is 185 Å². The molecule has 6 nitrogen and oxygen atoms in total. The Morgan fingerprint density at radius 2 is 1.58 bits per heavy atom. The first-order valence-electron chi connectivity index (χ1n) is 12.2. The Hall–Kier alpha value is -2.08. The number of anilines is 2. The van der Waals surface area contributed by atoms with Crippen molar-refractivity contribution in [3.05, 3.63) is 24.3 Å². The van der Waals surface area contributed by atoms with Crippen LogP contribution in [0.3, 0.4) is 0 Å². The maximum Gasteiger partial charge on any atom is 0.230 e. The van der Waals surface area contributed by atoms with Gasteiger partial charge in [-0.3, -0.25) is 9.59 Å². The van der Waals surface area contributed by atoms with Crippen LogP contribution in [0, 0.1) is 5.41 Å². The maximum atomic E-state index is 13.5. The highest BCUT2D eigenvalue weighted by Crippen LogP contribution is 2.43. The summed E-state index contributed by atoms with van der Waals surface area (Å²) in [6.07, 6.45) is 9.00. The van der Waals surface area contributed by atoms with Crippen molar-refractivity contribution in [1.82, 2.24) is 4.90 Å². The first-order valence-corrected chi connectivity index (χ1v) is 12.2. The molecule has 1 aliphatic carbocycles. The van der Waals surface area contributed by atoms with Crippen LogP contribution in [0.15, 0.2) is 24.3 Å². The van der Waals surface area contributed by atoms with E-state index in [1.54, 1.807) is 0 Å². The van der Waals surface area contributed by atoms with Gasteiger partial charge in [-0.1, -0.05) is 0 Å². The van der Waals surface area contributed by atoms with E-state index in [1.807, 2.05) is 4.90 Å². The smallest absolute Gasteiger partial charge is 0.230 e. The van der Waals surface area contributed by atoms with Gasteiger partial charge in [0.2, 0.25) is 11.8 Å². The van der Waals surface area contributed by atoms with Crippen molar-refractivity contribution in [2.45, 2.75) is 76.4 Å². The van der Waals surface area contributed by atoms with Crippen molar-refractivity contribution in [2.75, 3.05) is 36.0 Å². The lowest BCUT2D eigenvalue weighted by Crippen LogP contribution is -2.50. The van der Waals surface area contributed by atoms with Crippen molar-refractivity contribution >= 4 is 23.2 Å². The normalized spacial score (nSPS) is 32.2. The van der Waals surface area contributed by atoms with Crippen molar-refractivity contribution in [2.24, 2.45) is 5.41 Å². The fourth-order valence-electron chi connectivity index (χ4n) is 6.22. The molecule has 1 aromatic carbocycles. The summed E-state index contributed by atoms with van der Waals surface area (Å²) < 4.78 is 0. The fourth-order valence-corrected chi connectivity index (χ4v) is 6.22. The first kappa shape index (κ1) is 20.8. The van der Waals surface area contributed by atoms with Crippen LogP contribution >= 0.6 is 0 Å². The number of nitrogens with zero attached hydrogens (tertiary/aromatic N) is 3. The molecule has 1 N–H and O–H groups in total. The molecule has 6 heteroatoms. The van der Waals surface area contributed by atoms with Gasteiger partial charge < -0.3 is 19.8 Å². The molecule has 0 unspecified atom stereocenters. The minimum absolute atomic E-state index is 0.184. The molecule has 1 atom stereocenters.